The van der Waals surface area contributed by atoms with Crippen LogP contribution in [0.4, 0.5) is 10.5 Å². The lowest BCUT2D eigenvalue weighted by molar-refractivity contribution is -0.143. The monoisotopic (exact) mass is 298 g/mol. The molecule has 1 atom stereocenters. The molecule has 8 heteroatoms. The Labute approximate surface area is 123 Å². The molecule has 118 valence electrons. The molecule has 0 aromatic carbocycles. The number of nitrogens with one attached hydrogen (secondary N) is 2. The summed E-state index contributed by atoms with van der Waals surface area (Å²) in [7, 11) is 1.59. The number of amides is 2. The molecule has 0 aliphatic heterocycles. The van der Waals surface area contributed by atoms with Gasteiger partial charge in [0.25, 0.3) is 0 Å². The predicted molar refractivity (Wildman–Crippen MR) is 77.2 cm³/mol. The first-order chi connectivity index (χ1) is 9.91. The molecule has 3 N–H and O–H groups in total. The molecule has 2 amide bonds. The summed E-state index contributed by atoms with van der Waals surface area (Å²) in [6.07, 6.45) is 4.14. The van der Waals surface area contributed by atoms with Crippen LogP contribution < -0.4 is 10.6 Å². The van der Waals surface area contributed by atoms with Crippen LogP contribution in [-0.4, -0.2) is 46.1 Å². The van der Waals surface area contributed by atoms with E-state index in [4.69, 9.17) is 4.74 Å². The maximum absolute atomic E-state index is 11.9. The minimum absolute atomic E-state index is 0.350. The largest absolute Gasteiger partial charge is 0.480 e. The fraction of sp³-hybridized carbons (Fsp3) is 0.615. The Bertz CT molecular complexity index is 488. The Morgan fingerprint density at radius 2 is 2.24 bits per heavy atom. The number of carboxylic acid groups (broad SMARTS) is 1. The van der Waals surface area contributed by atoms with Gasteiger partial charge in [-0.1, -0.05) is 13.3 Å². The van der Waals surface area contributed by atoms with E-state index in [0.29, 0.717) is 31.7 Å². The summed E-state index contributed by atoms with van der Waals surface area (Å²) >= 11 is 0. The molecular formula is C13H22N4O4. The van der Waals surface area contributed by atoms with Gasteiger partial charge >= 0.3 is 12.0 Å². The normalized spacial score (nSPS) is 13.5. The van der Waals surface area contributed by atoms with Crippen LogP contribution in [0.25, 0.3) is 0 Å². The van der Waals surface area contributed by atoms with Crippen molar-refractivity contribution in [3.05, 3.63) is 12.4 Å². The van der Waals surface area contributed by atoms with Gasteiger partial charge in [-0.05, 0) is 13.3 Å². The first kappa shape index (κ1) is 17.0. The number of aromatic nitrogens is 2. The summed E-state index contributed by atoms with van der Waals surface area (Å²) in [6.45, 7) is 4.43. The van der Waals surface area contributed by atoms with E-state index in [9.17, 15) is 14.7 Å². The molecule has 0 spiro atoms. The van der Waals surface area contributed by atoms with Crippen molar-refractivity contribution in [2.75, 3.05) is 19.0 Å². The lowest BCUT2D eigenvalue weighted by Gasteiger charge is -2.25. The van der Waals surface area contributed by atoms with Gasteiger partial charge in [0.05, 0.1) is 25.0 Å². The van der Waals surface area contributed by atoms with Crippen molar-refractivity contribution < 1.29 is 19.4 Å². The summed E-state index contributed by atoms with van der Waals surface area (Å²) < 4.78 is 6.56. The maximum Gasteiger partial charge on any atom is 0.329 e. The third kappa shape index (κ3) is 5.07. The maximum atomic E-state index is 11.9. The number of methoxy groups -OCH3 is 1. The van der Waals surface area contributed by atoms with Crippen LogP contribution in [0.2, 0.25) is 0 Å². The number of hydrogen-bond acceptors (Lipinski definition) is 4. The average Bonchev–Trinajstić information content (AvgIpc) is 2.83. The van der Waals surface area contributed by atoms with Crippen molar-refractivity contribution in [2.45, 2.75) is 38.8 Å². The molecule has 1 aromatic rings. The van der Waals surface area contributed by atoms with Crippen LogP contribution in [0.15, 0.2) is 12.4 Å². The highest BCUT2D eigenvalue weighted by atomic mass is 16.5. The summed E-state index contributed by atoms with van der Waals surface area (Å²) in [5, 5.41) is 18.3. The Morgan fingerprint density at radius 3 is 2.81 bits per heavy atom. The number of carbonyl (C=O) groups excluding carboxylic acids is 1. The van der Waals surface area contributed by atoms with Crippen molar-refractivity contribution in [3.8, 4) is 0 Å². The van der Waals surface area contributed by atoms with E-state index in [1.165, 1.54) is 13.1 Å². The van der Waals surface area contributed by atoms with Gasteiger partial charge in [0.15, 0.2) is 0 Å². The predicted octanol–water partition coefficient (Wildman–Crippen LogP) is 1.29. The topological polar surface area (TPSA) is 105 Å². The van der Waals surface area contributed by atoms with Crippen molar-refractivity contribution in [1.82, 2.24) is 15.1 Å². The Morgan fingerprint density at radius 1 is 1.52 bits per heavy atom. The van der Waals surface area contributed by atoms with Crippen molar-refractivity contribution in [3.63, 3.8) is 0 Å². The van der Waals surface area contributed by atoms with E-state index in [1.54, 1.807) is 18.0 Å². The number of carboxylic acids is 1. The molecule has 0 aliphatic carbocycles. The summed E-state index contributed by atoms with van der Waals surface area (Å²) in [4.78, 5) is 23.1. The van der Waals surface area contributed by atoms with Crippen molar-refractivity contribution in [1.29, 1.82) is 0 Å². The highest BCUT2D eigenvalue weighted by molar-refractivity contribution is 5.93. The second-order valence-electron chi connectivity index (χ2n) is 4.95. The fourth-order valence-corrected chi connectivity index (χ4v) is 1.87. The second kappa shape index (κ2) is 7.63. The highest BCUT2D eigenvalue weighted by Gasteiger charge is 2.33. The minimum Gasteiger partial charge on any atom is -0.480 e. The number of hydrogen-bond donors (Lipinski definition) is 3. The number of urea groups is 1. The average molecular weight is 298 g/mol. The number of rotatable bonds is 8. The van der Waals surface area contributed by atoms with Gasteiger partial charge in [-0.3, -0.25) is 4.68 Å². The first-order valence-corrected chi connectivity index (χ1v) is 6.75. The van der Waals surface area contributed by atoms with Crippen LogP contribution >= 0.6 is 0 Å². The standard InChI is InChI=1S/C13H22N4O4/c1-4-5-13(2,11(18)19)16-12(20)15-10-8-14-17(9-10)6-7-21-3/h8-9H,4-7H2,1-3H3,(H,18,19)(H2,15,16,20). The summed E-state index contributed by atoms with van der Waals surface area (Å²) in [5.41, 5.74) is -0.793. The quantitative estimate of drug-likeness (QED) is 0.670. The SMILES string of the molecule is CCCC(C)(NC(=O)Nc1cnn(CCOC)c1)C(=O)O. The van der Waals surface area contributed by atoms with E-state index >= 15 is 0 Å². The highest BCUT2D eigenvalue weighted by Crippen LogP contribution is 2.13. The van der Waals surface area contributed by atoms with Gasteiger partial charge in [0, 0.05) is 13.3 Å². The lowest BCUT2D eigenvalue weighted by Crippen LogP contribution is -2.53. The summed E-state index contributed by atoms with van der Waals surface area (Å²) in [5.74, 6) is -1.06. The number of ether oxygens (including phenoxy) is 1. The van der Waals surface area contributed by atoms with Crippen LogP contribution in [0.3, 0.4) is 0 Å². The van der Waals surface area contributed by atoms with E-state index < -0.39 is 17.5 Å². The molecule has 1 rings (SSSR count). The second-order valence-corrected chi connectivity index (χ2v) is 4.95. The molecule has 21 heavy (non-hydrogen) atoms. The number of nitrogens with zero attached hydrogens (tertiary/aromatic N) is 2. The molecule has 0 bridgehead atoms. The molecule has 0 saturated carbocycles. The van der Waals surface area contributed by atoms with E-state index in [0.717, 1.165) is 0 Å². The van der Waals surface area contributed by atoms with Crippen LogP contribution in [0, 0.1) is 0 Å². The first-order valence-electron chi connectivity index (χ1n) is 6.75. The van der Waals surface area contributed by atoms with Crippen LogP contribution in [0.1, 0.15) is 26.7 Å². The zero-order valence-corrected chi connectivity index (χ0v) is 12.5. The van der Waals surface area contributed by atoms with Gasteiger partial charge in [0.1, 0.15) is 5.54 Å². The molecule has 1 heterocycles. The summed E-state index contributed by atoms with van der Waals surface area (Å²) in [6, 6.07) is -0.570. The van der Waals surface area contributed by atoms with Crippen LogP contribution in [0.5, 0.6) is 0 Å². The molecule has 0 saturated heterocycles. The zero-order valence-electron chi connectivity index (χ0n) is 12.5. The van der Waals surface area contributed by atoms with Gasteiger partial charge < -0.3 is 20.5 Å². The third-order valence-corrected chi connectivity index (χ3v) is 3.03. The molecule has 1 aromatic heterocycles. The third-order valence-electron chi connectivity index (χ3n) is 3.03. The molecular weight excluding hydrogens is 276 g/mol. The van der Waals surface area contributed by atoms with Gasteiger partial charge in [-0.2, -0.15) is 5.10 Å². The van der Waals surface area contributed by atoms with E-state index in [1.807, 2.05) is 6.92 Å². The Kier molecular flexibility index (Phi) is 6.16. The van der Waals surface area contributed by atoms with Gasteiger partial charge in [-0.25, -0.2) is 9.59 Å². The van der Waals surface area contributed by atoms with Crippen molar-refractivity contribution >= 4 is 17.7 Å². The van der Waals surface area contributed by atoms with Crippen molar-refractivity contribution in [2.24, 2.45) is 0 Å². The molecule has 8 nitrogen and oxygen atoms in total. The Hall–Kier alpha value is -2.09. The number of carbonyl (C=O) groups is 2. The Balaban J connectivity index is 2.60. The lowest BCUT2D eigenvalue weighted by atomic mass is 9.97. The molecule has 0 fully saturated rings. The fourth-order valence-electron chi connectivity index (χ4n) is 1.87. The molecule has 1 unspecified atom stereocenters. The number of anilines is 1. The zero-order chi connectivity index (χ0) is 15.9. The molecule has 0 aliphatic rings. The molecule has 0 radical (unpaired) electrons. The smallest absolute Gasteiger partial charge is 0.329 e. The van der Waals surface area contributed by atoms with Gasteiger partial charge in [-0.15, -0.1) is 0 Å². The van der Waals surface area contributed by atoms with Gasteiger partial charge in [0.2, 0.25) is 0 Å². The van der Waals surface area contributed by atoms with E-state index in [2.05, 4.69) is 15.7 Å². The van der Waals surface area contributed by atoms with E-state index in [-0.39, 0.29) is 0 Å². The van der Waals surface area contributed by atoms with Crippen LogP contribution in [-0.2, 0) is 16.1 Å². The minimum atomic E-state index is -1.29. The number of aliphatic carboxylic acids is 1.